The second kappa shape index (κ2) is 4.03. The van der Waals surface area contributed by atoms with Gasteiger partial charge in [0.1, 0.15) is 0 Å². The third-order valence-corrected chi connectivity index (χ3v) is 4.89. The van der Waals surface area contributed by atoms with Gasteiger partial charge in [0.2, 0.25) is 0 Å². The predicted octanol–water partition coefficient (Wildman–Crippen LogP) is 3.27. The fraction of sp³-hybridized carbons (Fsp3) is 0.133. The van der Waals surface area contributed by atoms with Crippen LogP contribution in [0.1, 0.15) is 23.9 Å². The number of fused-ring (bicyclic) bond motifs is 1. The molecule has 0 bridgehead atoms. The summed E-state index contributed by atoms with van der Waals surface area (Å²) in [4.78, 5) is 0. The van der Waals surface area contributed by atoms with Gasteiger partial charge in [0.15, 0.2) is 0 Å². The molecule has 0 radical (unpaired) electrons. The number of nitrogens with zero attached hydrogens (tertiary/aromatic N) is 1. The first-order valence-corrected chi connectivity index (χ1v) is 6.97. The summed E-state index contributed by atoms with van der Waals surface area (Å²) in [6.07, 6.45) is 2.30. The van der Waals surface area contributed by atoms with E-state index in [9.17, 15) is 0 Å². The van der Waals surface area contributed by atoms with Crippen molar-refractivity contribution in [3.63, 3.8) is 0 Å². The summed E-state index contributed by atoms with van der Waals surface area (Å²) in [6.45, 7) is 4.38. The van der Waals surface area contributed by atoms with Gasteiger partial charge in [0, 0.05) is 0 Å². The van der Waals surface area contributed by atoms with Crippen molar-refractivity contribution < 1.29 is 24.2 Å². The third-order valence-electron chi connectivity index (χ3n) is 3.25. The van der Waals surface area contributed by atoms with Crippen molar-refractivity contribution >= 4 is 9.28 Å². The zero-order valence-corrected chi connectivity index (χ0v) is 12.4. The molecule has 0 saturated carbocycles. The molecular formula is C15H13NZr. The number of aryl methyl sites for hydroxylation is 1. The summed E-state index contributed by atoms with van der Waals surface area (Å²) in [6, 6.07) is 12.9. The maximum absolute atomic E-state index is 2.34. The molecule has 0 unspecified atom stereocenters. The fourth-order valence-corrected chi connectivity index (χ4v) is 3.08. The summed E-state index contributed by atoms with van der Waals surface area (Å²) < 4.78 is 3.83. The summed E-state index contributed by atoms with van der Waals surface area (Å²) in [7, 11) is 0. The molecule has 3 rings (SSSR count). The van der Waals surface area contributed by atoms with Gasteiger partial charge in [0.25, 0.3) is 0 Å². The van der Waals surface area contributed by atoms with Gasteiger partial charge in [-0.05, 0) is 0 Å². The van der Waals surface area contributed by atoms with E-state index in [4.69, 9.17) is 0 Å². The molecule has 2 heteroatoms. The van der Waals surface area contributed by atoms with Crippen LogP contribution in [0.2, 0.25) is 0 Å². The monoisotopic (exact) mass is 297 g/mol. The second-order valence-corrected chi connectivity index (χ2v) is 5.69. The van der Waals surface area contributed by atoms with Gasteiger partial charge in [0.05, 0.1) is 0 Å². The number of rotatable bonds is 1. The van der Waals surface area contributed by atoms with Crippen molar-refractivity contribution in [1.29, 1.82) is 0 Å². The Morgan fingerprint density at radius 2 is 1.76 bits per heavy atom. The van der Waals surface area contributed by atoms with Crippen LogP contribution in [0.4, 0.5) is 0 Å². The van der Waals surface area contributed by atoms with Crippen LogP contribution in [0, 0.1) is 6.92 Å². The molecule has 0 spiro atoms. The summed E-state index contributed by atoms with van der Waals surface area (Å²) in [5.41, 5.74) is 6.74. The van der Waals surface area contributed by atoms with Crippen molar-refractivity contribution in [2.45, 2.75) is 13.8 Å². The number of allylic oxidation sites excluding steroid dienone is 1. The normalized spacial score (nSPS) is 13.7. The Hall–Kier alpha value is -1.01. The molecule has 0 aliphatic heterocycles. The van der Waals surface area contributed by atoms with E-state index in [2.05, 4.69) is 60.9 Å². The molecule has 2 aromatic rings. The quantitative estimate of drug-likeness (QED) is 0.761. The Bertz CT molecular complexity index is 632. The van der Waals surface area contributed by atoms with Crippen LogP contribution in [-0.2, 0) is 24.2 Å². The second-order valence-electron chi connectivity index (χ2n) is 4.46. The molecule has 0 atom stereocenters. The van der Waals surface area contributed by atoms with E-state index >= 15 is 0 Å². The summed E-state index contributed by atoms with van der Waals surface area (Å²) in [5, 5.41) is 0. The van der Waals surface area contributed by atoms with Crippen molar-refractivity contribution in [1.82, 2.24) is 4.57 Å². The van der Waals surface area contributed by atoms with Crippen LogP contribution in [0.15, 0.2) is 42.0 Å². The molecular weight excluding hydrogens is 285 g/mol. The van der Waals surface area contributed by atoms with Gasteiger partial charge in [-0.3, -0.25) is 0 Å². The standard InChI is InChI=1S/C15H13N.Zr/c1-11-8-13-10-12(2)16(15(13)9-11)14-6-4-3-5-7-14;/h3-7,9-10H,1-2H3;. The summed E-state index contributed by atoms with van der Waals surface area (Å²) in [5.74, 6) is 0. The van der Waals surface area contributed by atoms with Gasteiger partial charge >= 0.3 is 117 Å². The Morgan fingerprint density at radius 3 is 2.47 bits per heavy atom. The SMILES string of the molecule is CC1=Cc2c(cc(C)n2-c2ccccc2)[C]1=[Zr]. The van der Waals surface area contributed by atoms with Gasteiger partial charge in [-0.1, -0.05) is 0 Å². The number of hydrogen-bond donors (Lipinski definition) is 0. The first-order valence-electron chi connectivity index (χ1n) is 5.74. The topological polar surface area (TPSA) is 4.93 Å². The fourth-order valence-electron chi connectivity index (χ4n) is 2.41. The van der Waals surface area contributed by atoms with Crippen LogP contribution < -0.4 is 0 Å². The first-order chi connectivity index (χ1) is 8.18. The van der Waals surface area contributed by atoms with Crippen LogP contribution >= 0.6 is 0 Å². The molecule has 0 saturated heterocycles. The Morgan fingerprint density at radius 1 is 1.06 bits per heavy atom. The number of benzene rings is 1. The van der Waals surface area contributed by atoms with Crippen LogP contribution in [-0.4, -0.2) is 7.77 Å². The van der Waals surface area contributed by atoms with Gasteiger partial charge in [-0.15, -0.1) is 0 Å². The molecule has 1 aliphatic carbocycles. The van der Waals surface area contributed by atoms with Crippen LogP contribution in [0.5, 0.6) is 0 Å². The Balaban J connectivity index is 2.27. The Labute approximate surface area is 116 Å². The van der Waals surface area contributed by atoms with E-state index in [1.54, 1.807) is 0 Å². The van der Waals surface area contributed by atoms with Gasteiger partial charge < -0.3 is 0 Å². The average molecular weight is 298 g/mol. The molecule has 1 heterocycles. The van der Waals surface area contributed by atoms with Crippen molar-refractivity contribution in [3.05, 3.63) is 58.9 Å². The van der Waals surface area contributed by atoms with E-state index in [1.807, 2.05) is 0 Å². The van der Waals surface area contributed by atoms with Gasteiger partial charge in [-0.2, -0.15) is 0 Å². The van der Waals surface area contributed by atoms with E-state index in [1.165, 1.54) is 55.7 Å². The van der Waals surface area contributed by atoms with Crippen molar-refractivity contribution in [3.8, 4) is 5.69 Å². The molecule has 0 fully saturated rings. The molecule has 0 N–H and O–H groups in total. The van der Waals surface area contributed by atoms with Crippen LogP contribution in [0.25, 0.3) is 11.8 Å². The van der Waals surface area contributed by atoms with E-state index in [0.717, 1.165) is 0 Å². The minimum absolute atomic E-state index is 1.25. The zero-order valence-electron chi connectivity index (χ0n) is 9.99. The third kappa shape index (κ3) is 1.66. The first kappa shape index (κ1) is 11.1. The predicted molar refractivity (Wildman–Crippen MR) is 68.3 cm³/mol. The van der Waals surface area contributed by atoms with Crippen molar-refractivity contribution in [2.24, 2.45) is 0 Å². The summed E-state index contributed by atoms with van der Waals surface area (Å²) >= 11 is 1.50. The van der Waals surface area contributed by atoms with E-state index < -0.39 is 0 Å². The number of hydrogen-bond acceptors (Lipinski definition) is 0. The molecule has 1 aromatic carbocycles. The average Bonchev–Trinajstić information content (AvgIpc) is 2.78. The minimum atomic E-state index is 1.25. The van der Waals surface area contributed by atoms with Crippen molar-refractivity contribution in [2.75, 3.05) is 0 Å². The molecule has 1 aliphatic rings. The number of para-hydroxylation sites is 1. The maximum atomic E-state index is 2.34. The van der Waals surface area contributed by atoms with E-state index in [0.29, 0.717) is 0 Å². The molecule has 1 aromatic heterocycles. The molecule has 0 amide bonds. The Kier molecular flexibility index (Phi) is 2.63. The zero-order chi connectivity index (χ0) is 12.0. The number of aromatic nitrogens is 1. The molecule has 82 valence electrons. The molecule has 1 nitrogen and oxygen atoms in total. The molecule has 17 heavy (non-hydrogen) atoms. The van der Waals surface area contributed by atoms with Crippen LogP contribution in [0.3, 0.4) is 0 Å². The van der Waals surface area contributed by atoms with Gasteiger partial charge in [-0.25, -0.2) is 0 Å². The van der Waals surface area contributed by atoms with E-state index in [-0.39, 0.29) is 0 Å².